The van der Waals surface area contributed by atoms with E-state index in [0.29, 0.717) is 5.41 Å². The maximum Gasteiger partial charge on any atom is 0.0494 e. The molecule has 0 spiro atoms. The minimum absolute atomic E-state index is 0.483. The van der Waals surface area contributed by atoms with Crippen LogP contribution in [0.1, 0.15) is 85.0 Å². The standard InChI is InChI=1S/C19H38O2/c1-19(2,3)13-8-5-9-14-20-15-10-16-21-17-18-11-6-4-7-12-18/h18H,4-17H2,1-3H3. The van der Waals surface area contributed by atoms with Crippen molar-refractivity contribution in [3.05, 3.63) is 0 Å². The van der Waals surface area contributed by atoms with E-state index in [4.69, 9.17) is 9.47 Å². The molecule has 2 nitrogen and oxygen atoms in total. The molecule has 1 rings (SSSR count). The van der Waals surface area contributed by atoms with E-state index in [9.17, 15) is 0 Å². The summed E-state index contributed by atoms with van der Waals surface area (Å²) >= 11 is 0. The van der Waals surface area contributed by atoms with Gasteiger partial charge >= 0.3 is 0 Å². The van der Waals surface area contributed by atoms with Crippen LogP contribution in [0, 0.1) is 11.3 Å². The van der Waals surface area contributed by atoms with Gasteiger partial charge in [0.25, 0.3) is 0 Å². The van der Waals surface area contributed by atoms with Crippen molar-refractivity contribution < 1.29 is 9.47 Å². The number of hydrogen-bond donors (Lipinski definition) is 0. The van der Waals surface area contributed by atoms with Crippen LogP contribution in [0.25, 0.3) is 0 Å². The Kier molecular flexibility index (Phi) is 10.4. The van der Waals surface area contributed by atoms with Crippen LogP contribution < -0.4 is 0 Å². The Morgan fingerprint density at radius 2 is 1.43 bits per heavy atom. The third kappa shape index (κ3) is 12.2. The van der Waals surface area contributed by atoms with Crippen LogP contribution in [0.2, 0.25) is 0 Å². The minimum Gasteiger partial charge on any atom is -0.381 e. The Labute approximate surface area is 133 Å². The molecule has 0 aromatic carbocycles. The van der Waals surface area contributed by atoms with Gasteiger partial charge in [0.2, 0.25) is 0 Å². The van der Waals surface area contributed by atoms with Crippen LogP contribution in [-0.4, -0.2) is 26.4 Å². The Morgan fingerprint density at radius 3 is 2.14 bits per heavy atom. The summed E-state index contributed by atoms with van der Waals surface area (Å²) in [6.07, 6.45) is 13.2. The first-order valence-corrected chi connectivity index (χ1v) is 9.23. The average molecular weight is 299 g/mol. The third-order valence-corrected chi connectivity index (χ3v) is 4.37. The number of ether oxygens (including phenoxy) is 2. The number of unbranched alkanes of at least 4 members (excludes halogenated alkanes) is 2. The highest BCUT2D eigenvalue weighted by Gasteiger charge is 2.12. The first-order valence-electron chi connectivity index (χ1n) is 9.23. The second kappa shape index (κ2) is 11.5. The topological polar surface area (TPSA) is 18.5 Å². The molecule has 0 aromatic heterocycles. The van der Waals surface area contributed by atoms with E-state index in [1.54, 1.807) is 0 Å². The van der Waals surface area contributed by atoms with Crippen molar-refractivity contribution in [2.75, 3.05) is 26.4 Å². The Balaban J connectivity index is 1.74. The fourth-order valence-corrected chi connectivity index (χ4v) is 3.01. The predicted molar refractivity (Wildman–Crippen MR) is 90.8 cm³/mol. The zero-order chi connectivity index (χ0) is 15.4. The molecular weight excluding hydrogens is 260 g/mol. The van der Waals surface area contributed by atoms with Gasteiger partial charge in [0.15, 0.2) is 0 Å². The monoisotopic (exact) mass is 298 g/mol. The van der Waals surface area contributed by atoms with E-state index in [1.807, 2.05) is 0 Å². The van der Waals surface area contributed by atoms with Crippen molar-refractivity contribution in [1.82, 2.24) is 0 Å². The SMILES string of the molecule is CC(C)(C)CCCCCOCCCOCC1CCCCC1. The highest BCUT2D eigenvalue weighted by molar-refractivity contribution is 4.64. The molecule has 21 heavy (non-hydrogen) atoms. The van der Waals surface area contributed by atoms with E-state index in [-0.39, 0.29) is 0 Å². The second-order valence-electron chi connectivity index (χ2n) is 7.92. The molecule has 126 valence electrons. The normalized spacial score (nSPS) is 17.3. The lowest BCUT2D eigenvalue weighted by Crippen LogP contribution is -2.14. The summed E-state index contributed by atoms with van der Waals surface area (Å²) in [4.78, 5) is 0. The van der Waals surface area contributed by atoms with Gasteiger partial charge in [0, 0.05) is 26.4 Å². The summed E-state index contributed by atoms with van der Waals surface area (Å²) < 4.78 is 11.5. The summed E-state index contributed by atoms with van der Waals surface area (Å²) in [5.41, 5.74) is 0.483. The van der Waals surface area contributed by atoms with Crippen molar-refractivity contribution in [3.63, 3.8) is 0 Å². The maximum atomic E-state index is 5.78. The lowest BCUT2D eigenvalue weighted by Gasteiger charge is -2.21. The lowest BCUT2D eigenvalue weighted by atomic mass is 9.89. The second-order valence-corrected chi connectivity index (χ2v) is 7.92. The number of rotatable bonds is 11. The number of hydrogen-bond acceptors (Lipinski definition) is 2. The van der Waals surface area contributed by atoms with Crippen molar-refractivity contribution >= 4 is 0 Å². The lowest BCUT2D eigenvalue weighted by molar-refractivity contribution is 0.0574. The van der Waals surface area contributed by atoms with Gasteiger partial charge in [-0.3, -0.25) is 0 Å². The van der Waals surface area contributed by atoms with Gasteiger partial charge < -0.3 is 9.47 Å². The van der Waals surface area contributed by atoms with E-state index in [1.165, 1.54) is 57.8 Å². The third-order valence-electron chi connectivity index (χ3n) is 4.37. The molecule has 0 amide bonds. The highest BCUT2D eigenvalue weighted by Crippen LogP contribution is 2.23. The molecule has 0 saturated heterocycles. The first kappa shape index (κ1) is 19.0. The summed E-state index contributed by atoms with van der Waals surface area (Å²) in [6, 6.07) is 0. The summed E-state index contributed by atoms with van der Waals surface area (Å²) in [6.45, 7) is 10.6. The summed E-state index contributed by atoms with van der Waals surface area (Å²) in [5.74, 6) is 0.836. The van der Waals surface area contributed by atoms with Crippen LogP contribution in [0.5, 0.6) is 0 Å². The Bertz CT molecular complexity index is 226. The fraction of sp³-hybridized carbons (Fsp3) is 1.00. The van der Waals surface area contributed by atoms with E-state index < -0.39 is 0 Å². The van der Waals surface area contributed by atoms with Crippen molar-refractivity contribution in [2.45, 2.75) is 85.0 Å². The Morgan fingerprint density at radius 1 is 0.762 bits per heavy atom. The van der Waals surface area contributed by atoms with Gasteiger partial charge in [-0.2, -0.15) is 0 Å². The van der Waals surface area contributed by atoms with E-state index in [2.05, 4.69) is 20.8 Å². The molecule has 0 atom stereocenters. The maximum absolute atomic E-state index is 5.78. The minimum atomic E-state index is 0.483. The molecule has 0 heterocycles. The Hall–Kier alpha value is -0.0800. The molecule has 1 fully saturated rings. The van der Waals surface area contributed by atoms with Crippen molar-refractivity contribution in [2.24, 2.45) is 11.3 Å². The smallest absolute Gasteiger partial charge is 0.0494 e. The average Bonchev–Trinajstić information content (AvgIpc) is 2.44. The van der Waals surface area contributed by atoms with Crippen molar-refractivity contribution in [1.29, 1.82) is 0 Å². The quantitative estimate of drug-likeness (QED) is 0.462. The molecule has 1 aliphatic rings. The van der Waals surface area contributed by atoms with Gasteiger partial charge in [0.1, 0.15) is 0 Å². The van der Waals surface area contributed by atoms with Gasteiger partial charge in [-0.05, 0) is 43.4 Å². The van der Waals surface area contributed by atoms with Crippen LogP contribution in [0.3, 0.4) is 0 Å². The molecular formula is C19H38O2. The largest absolute Gasteiger partial charge is 0.381 e. The van der Waals surface area contributed by atoms with Crippen LogP contribution in [0.4, 0.5) is 0 Å². The van der Waals surface area contributed by atoms with Gasteiger partial charge in [-0.15, -0.1) is 0 Å². The fourth-order valence-electron chi connectivity index (χ4n) is 3.01. The molecule has 0 unspecified atom stereocenters. The van der Waals surface area contributed by atoms with Crippen LogP contribution in [0.15, 0.2) is 0 Å². The molecule has 1 aliphatic carbocycles. The van der Waals surface area contributed by atoms with Gasteiger partial charge in [0.05, 0.1) is 0 Å². The molecule has 0 radical (unpaired) electrons. The first-order chi connectivity index (χ1) is 10.1. The zero-order valence-corrected chi connectivity index (χ0v) is 14.8. The van der Waals surface area contributed by atoms with Crippen LogP contribution >= 0.6 is 0 Å². The van der Waals surface area contributed by atoms with E-state index in [0.717, 1.165) is 38.8 Å². The molecule has 2 heteroatoms. The molecule has 0 N–H and O–H groups in total. The molecule has 1 saturated carbocycles. The molecule has 0 aliphatic heterocycles. The predicted octanol–water partition coefficient (Wildman–Crippen LogP) is 5.60. The van der Waals surface area contributed by atoms with Gasteiger partial charge in [-0.25, -0.2) is 0 Å². The van der Waals surface area contributed by atoms with E-state index >= 15 is 0 Å². The zero-order valence-electron chi connectivity index (χ0n) is 14.8. The van der Waals surface area contributed by atoms with Crippen LogP contribution in [-0.2, 0) is 9.47 Å². The highest BCUT2D eigenvalue weighted by atomic mass is 16.5. The van der Waals surface area contributed by atoms with Gasteiger partial charge in [-0.1, -0.05) is 52.9 Å². The summed E-state index contributed by atoms with van der Waals surface area (Å²) in [7, 11) is 0. The molecule has 0 aromatic rings. The molecule has 0 bridgehead atoms. The summed E-state index contributed by atoms with van der Waals surface area (Å²) in [5, 5.41) is 0. The van der Waals surface area contributed by atoms with Crippen molar-refractivity contribution in [3.8, 4) is 0 Å².